The molecule has 0 amide bonds. The summed E-state index contributed by atoms with van der Waals surface area (Å²) < 4.78 is 22.9. The van der Waals surface area contributed by atoms with Crippen molar-refractivity contribution in [1.29, 1.82) is 0 Å². The second-order valence-electron chi connectivity index (χ2n) is 2.74. The first-order chi connectivity index (χ1) is 5.70. The van der Waals surface area contributed by atoms with Gasteiger partial charge in [0.25, 0.3) is 0 Å². The minimum Gasteiger partial charge on any atom is -0.383 e. The largest absolute Gasteiger partial charge is 0.383 e. The maximum atomic E-state index is 11.4. The molecular weight excluding hydrogens is 174 g/mol. The van der Waals surface area contributed by atoms with Gasteiger partial charge in [-0.05, 0) is 12.1 Å². The summed E-state index contributed by atoms with van der Waals surface area (Å²) >= 11 is 0. The SMILES string of the molecule is O=S1(=O)CCNc2ccccc21.[HH]. The Labute approximate surface area is 72.8 Å². The van der Waals surface area contributed by atoms with Gasteiger partial charge in [0.2, 0.25) is 0 Å². The van der Waals surface area contributed by atoms with Crippen molar-refractivity contribution < 1.29 is 9.84 Å². The summed E-state index contributed by atoms with van der Waals surface area (Å²) in [4.78, 5) is 0.427. The first kappa shape index (κ1) is 7.61. The second-order valence-corrected chi connectivity index (χ2v) is 4.82. The standard InChI is InChI=1S/C8H9NO2S.H2/c10-12(11)6-5-9-7-3-1-2-4-8(7)12;/h1-4,9H,5-6H2;1H. The first-order valence-corrected chi connectivity index (χ1v) is 5.41. The van der Waals surface area contributed by atoms with Crippen LogP contribution < -0.4 is 5.32 Å². The highest BCUT2D eigenvalue weighted by atomic mass is 32.2. The molecule has 0 fully saturated rings. The number of fused-ring (bicyclic) bond motifs is 1. The summed E-state index contributed by atoms with van der Waals surface area (Å²) in [6.45, 7) is 0.513. The molecule has 0 unspecified atom stereocenters. The summed E-state index contributed by atoms with van der Waals surface area (Å²) in [7, 11) is -3.00. The molecule has 0 spiro atoms. The molecule has 0 radical (unpaired) electrons. The molecule has 0 aromatic heterocycles. The third kappa shape index (κ3) is 1.08. The molecule has 3 nitrogen and oxygen atoms in total. The average molecular weight is 185 g/mol. The van der Waals surface area contributed by atoms with Crippen LogP contribution in [0.5, 0.6) is 0 Å². The predicted molar refractivity (Wildman–Crippen MR) is 49.1 cm³/mol. The Morgan fingerprint density at radius 2 is 2.08 bits per heavy atom. The van der Waals surface area contributed by atoms with Gasteiger partial charge in [0.15, 0.2) is 9.84 Å². The van der Waals surface area contributed by atoms with Gasteiger partial charge in [-0.2, -0.15) is 0 Å². The van der Waals surface area contributed by atoms with Gasteiger partial charge in [0, 0.05) is 7.97 Å². The molecule has 1 aliphatic heterocycles. The third-order valence-electron chi connectivity index (χ3n) is 1.91. The highest BCUT2D eigenvalue weighted by Gasteiger charge is 2.21. The van der Waals surface area contributed by atoms with Gasteiger partial charge in [0.05, 0.1) is 16.3 Å². The monoisotopic (exact) mass is 185 g/mol. The minimum absolute atomic E-state index is 0. The predicted octanol–water partition coefficient (Wildman–Crippen LogP) is 1.13. The van der Waals surface area contributed by atoms with Gasteiger partial charge < -0.3 is 5.32 Å². The number of rotatable bonds is 0. The summed E-state index contributed by atoms with van der Waals surface area (Å²) in [5.74, 6) is 0.198. The van der Waals surface area contributed by atoms with Crippen LogP contribution >= 0.6 is 0 Å². The molecule has 0 aliphatic carbocycles. The van der Waals surface area contributed by atoms with E-state index in [1.54, 1.807) is 18.2 Å². The number of anilines is 1. The lowest BCUT2D eigenvalue weighted by atomic mass is 10.3. The molecule has 12 heavy (non-hydrogen) atoms. The van der Waals surface area contributed by atoms with E-state index in [0.29, 0.717) is 11.4 Å². The Morgan fingerprint density at radius 3 is 2.83 bits per heavy atom. The molecule has 66 valence electrons. The lowest BCUT2D eigenvalue weighted by molar-refractivity contribution is 0.595. The van der Waals surface area contributed by atoms with Crippen LogP contribution in [0.2, 0.25) is 0 Å². The van der Waals surface area contributed by atoms with E-state index >= 15 is 0 Å². The van der Waals surface area contributed by atoms with Crippen molar-refractivity contribution in [2.75, 3.05) is 17.6 Å². The fraction of sp³-hybridized carbons (Fsp3) is 0.250. The van der Waals surface area contributed by atoms with E-state index in [1.165, 1.54) is 0 Å². The Bertz CT molecular complexity index is 402. The van der Waals surface area contributed by atoms with Crippen LogP contribution in [0.3, 0.4) is 0 Å². The minimum atomic E-state index is -3.00. The lowest BCUT2D eigenvalue weighted by Gasteiger charge is -2.17. The normalized spacial score (nSPS) is 19.3. The van der Waals surface area contributed by atoms with Gasteiger partial charge in [-0.3, -0.25) is 0 Å². The maximum Gasteiger partial charge on any atom is 0.182 e. The van der Waals surface area contributed by atoms with Gasteiger partial charge in [-0.1, -0.05) is 12.1 Å². The van der Waals surface area contributed by atoms with Crippen LogP contribution in [0.25, 0.3) is 0 Å². The van der Waals surface area contributed by atoms with Gasteiger partial charge in [-0.25, -0.2) is 8.42 Å². The van der Waals surface area contributed by atoms with Crippen molar-refractivity contribution >= 4 is 15.5 Å². The van der Waals surface area contributed by atoms with Crippen molar-refractivity contribution in [1.82, 2.24) is 0 Å². The number of nitrogens with one attached hydrogen (secondary N) is 1. The van der Waals surface area contributed by atoms with Crippen LogP contribution in [-0.4, -0.2) is 20.7 Å². The summed E-state index contributed by atoms with van der Waals surface area (Å²) in [5, 5.41) is 3.04. The van der Waals surface area contributed by atoms with Crippen molar-refractivity contribution in [3.05, 3.63) is 24.3 Å². The average Bonchev–Trinajstić information content (AvgIpc) is 2.04. The fourth-order valence-electron chi connectivity index (χ4n) is 1.31. The molecular formula is C8H11NO2S. The smallest absolute Gasteiger partial charge is 0.182 e. The van der Waals surface area contributed by atoms with Crippen molar-refractivity contribution in [2.45, 2.75) is 4.90 Å². The van der Waals surface area contributed by atoms with Gasteiger partial charge in [0.1, 0.15) is 0 Å². The fourth-order valence-corrected chi connectivity index (χ4v) is 2.67. The Morgan fingerprint density at radius 1 is 1.33 bits per heavy atom. The molecule has 0 bridgehead atoms. The molecule has 4 heteroatoms. The topological polar surface area (TPSA) is 46.2 Å². The zero-order valence-electron chi connectivity index (χ0n) is 6.45. The van der Waals surface area contributed by atoms with Crippen LogP contribution in [0.4, 0.5) is 5.69 Å². The van der Waals surface area contributed by atoms with E-state index in [9.17, 15) is 8.42 Å². The summed E-state index contributed by atoms with van der Waals surface area (Å²) in [5.41, 5.74) is 0.726. The number of para-hydroxylation sites is 1. The van der Waals surface area contributed by atoms with Crippen molar-refractivity contribution in [3.63, 3.8) is 0 Å². The van der Waals surface area contributed by atoms with Crippen LogP contribution in [0, 0.1) is 0 Å². The summed E-state index contributed by atoms with van der Waals surface area (Å²) in [6, 6.07) is 6.99. The third-order valence-corrected chi connectivity index (χ3v) is 3.68. The number of benzene rings is 1. The van der Waals surface area contributed by atoms with Gasteiger partial charge in [-0.15, -0.1) is 0 Å². The van der Waals surface area contributed by atoms with Crippen LogP contribution in [0.1, 0.15) is 1.43 Å². The number of hydrogen-bond acceptors (Lipinski definition) is 3. The summed E-state index contributed by atoms with van der Waals surface area (Å²) in [6.07, 6.45) is 0. The molecule has 2 rings (SSSR count). The van der Waals surface area contributed by atoms with E-state index in [0.717, 1.165) is 5.69 Å². The Balaban J connectivity index is 0.000000845. The molecule has 1 N–H and O–H groups in total. The molecule has 1 heterocycles. The van der Waals surface area contributed by atoms with E-state index in [4.69, 9.17) is 0 Å². The molecule has 1 aromatic rings. The zero-order chi connectivity index (χ0) is 8.60. The number of sulfone groups is 1. The second kappa shape index (κ2) is 2.48. The van der Waals surface area contributed by atoms with E-state index in [1.807, 2.05) is 6.07 Å². The quantitative estimate of drug-likeness (QED) is 0.659. The lowest BCUT2D eigenvalue weighted by Crippen LogP contribution is -2.22. The molecule has 0 saturated heterocycles. The highest BCUT2D eigenvalue weighted by Crippen LogP contribution is 2.24. The maximum absolute atomic E-state index is 11.4. The Hall–Kier alpha value is -1.03. The van der Waals surface area contributed by atoms with E-state index in [2.05, 4.69) is 5.32 Å². The van der Waals surface area contributed by atoms with Crippen LogP contribution in [-0.2, 0) is 9.84 Å². The number of hydrogen-bond donors (Lipinski definition) is 1. The van der Waals surface area contributed by atoms with E-state index in [-0.39, 0.29) is 7.18 Å². The molecule has 0 atom stereocenters. The molecule has 1 aliphatic rings. The van der Waals surface area contributed by atoms with Crippen molar-refractivity contribution in [3.8, 4) is 0 Å². The first-order valence-electron chi connectivity index (χ1n) is 3.76. The molecule has 1 aromatic carbocycles. The van der Waals surface area contributed by atoms with E-state index < -0.39 is 9.84 Å². The van der Waals surface area contributed by atoms with Gasteiger partial charge >= 0.3 is 0 Å². The molecule has 0 saturated carbocycles. The van der Waals surface area contributed by atoms with Crippen molar-refractivity contribution in [2.24, 2.45) is 0 Å². The Kier molecular flexibility index (Phi) is 1.58. The van der Waals surface area contributed by atoms with Crippen LogP contribution in [0.15, 0.2) is 29.2 Å². The highest BCUT2D eigenvalue weighted by molar-refractivity contribution is 7.91. The zero-order valence-corrected chi connectivity index (χ0v) is 7.26.